The van der Waals surface area contributed by atoms with Crippen molar-refractivity contribution in [2.24, 2.45) is 5.92 Å². The predicted octanol–water partition coefficient (Wildman–Crippen LogP) is 3.67. The number of likely N-dealkylation sites (tertiary alicyclic amines) is 1. The van der Waals surface area contributed by atoms with E-state index in [2.05, 4.69) is 6.92 Å². The summed E-state index contributed by atoms with van der Waals surface area (Å²) >= 11 is 0. The van der Waals surface area contributed by atoms with Gasteiger partial charge in [0.15, 0.2) is 0 Å². The highest BCUT2D eigenvalue weighted by Crippen LogP contribution is 2.29. The number of rotatable bonds is 4. The molecule has 3 rings (SSSR count). The number of carboxylic acid groups (broad SMARTS) is 1. The zero-order valence-corrected chi connectivity index (χ0v) is 14.3. The van der Waals surface area contributed by atoms with Gasteiger partial charge < -0.3 is 10.0 Å². The second-order valence-corrected chi connectivity index (χ2v) is 7.01. The van der Waals surface area contributed by atoms with Gasteiger partial charge in [-0.15, -0.1) is 0 Å². The van der Waals surface area contributed by atoms with E-state index in [0.29, 0.717) is 11.5 Å². The zero-order chi connectivity index (χ0) is 17.1. The third-order valence-corrected chi connectivity index (χ3v) is 5.41. The third-order valence-electron chi connectivity index (χ3n) is 5.41. The fourth-order valence-electron chi connectivity index (χ4n) is 3.93. The summed E-state index contributed by atoms with van der Waals surface area (Å²) in [6.07, 6.45) is 5.78. The zero-order valence-electron chi connectivity index (χ0n) is 14.3. The highest BCUT2D eigenvalue weighted by Gasteiger charge is 2.27. The lowest BCUT2D eigenvalue weighted by molar-refractivity contribution is -0.128. The summed E-state index contributed by atoms with van der Waals surface area (Å²) in [7, 11) is 0. The number of aromatic carboxylic acids is 1. The van der Waals surface area contributed by atoms with Crippen molar-refractivity contribution in [1.82, 2.24) is 4.90 Å². The Morgan fingerprint density at radius 2 is 1.88 bits per heavy atom. The first-order chi connectivity index (χ1) is 11.6. The van der Waals surface area contributed by atoms with Crippen LogP contribution in [-0.4, -0.2) is 35.0 Å². The molecule has 24 heavy (non-hydrogen) atoms. The molecule has 1 aromatic carbocycles. The molecule has 2 aliphatic rings. The van der Waals surface area contributed by atoms with Crippen molar-refractivity contribution < 1.29 is 14.7 Å². The smallest absolute Gasteiger partial charge is 0.335 e. The van der Waals surface area contributed by atoms with Crippen molar-refractivity contribution in [3.05, 3.63) is 46.5 Å². The predicted molar refractivity (Wildman–Crippen MR) is 93.0 cm³/mol. The monoisotopic (exact) mass is 327 g/mol. The number of benzene rings is 1. The number of carbonyl (C=O) groups excluding carboxylic acids is 1. The lowest BCUT2D eigenvalue weighted by Gasteiger charge is -2.32. The van der Waals surface area contributed by atoms with Gasteiger partial charge in [0.2, 0.25) is 5.91 Å². The van der Waals surface area contributed by atoms with Crippen LogP contribution in [0, 0.1) is 5.92 Å². The Labute approximate surface area is 143 Å². The molecule has 1 aromatic rings. The number of allylic oxidation sites excluding steroid dienone is 1. The molecule has 1 fully saturated rings. The Kier molecular flexibility index (Phi) is 5.03. The van der Waals surface area contributed by atoms with Crippen molar-refractivity contribution >= 4 is 11.9 Å². The lowest BCUT2D eigenvalue weighted by atomic mass is 9.88. The van der Waals surface area contributed by atoms with E-state index < -0.39 is 5.97 Å². The topological polar surface area (TPSA) is 57.6 Å². The number of hydrogen-bond donors (Lipinski definition) is 1. The van der Waals surface area contributed by atoms with Gasteiger partial charge in [-0.05, 0) is 63.0 Å². The fraction of sp³-hybridized carbons (Fsp3) is 0.500. The summed E-state index contributed by atoms with van der Waals surface area (Å²) < 4.78 is 0. The Balaban J connectivity index is 1.59. The standard InChI is InChI=1S/C20H25NO3/c1-14-5-4-8-17(14)19(22)21-11-9-15(10-12-21)13-16-6-2-3-7-18(16)20(23)24/h2-3,6-7,15H,4-5,8-13H2,1H3,(H,23,24). The first kappa shape index (κ1) is 16.7. The first-order valence-electron chi connectivity index (χ1n) is 8.85. The Morgan fingerprint density at radius 1 is 1.17 bits per heavy atom. The third kappa shape index (κ3) is 3.53. The van der Waals surface area contributed by atoms with Crippen LogP contribution >= 0.6 is 0 Å². The van der Waals surface area contributed by atoms with E-state index in [1.807, 2.05) is 17.0 Å². The van der Waals surface area contributed by atoms with Gasteiger partial charge in [0.05, 0.1) is 5.56 Å². The molecule has 0 atom stereocenters. The quantitative estimate of drug-likeness (QED) is 0.918. The molecule has 0 spiro atoms. The number of piperidine rings is 1. The van der Waals surface area contributed by atoms with Crippen molar-refractivity contribution in [2.75, 3.05) is 13.1 Å². The van der Waals surface area contributed by atoms with E-state index in [1.54, 1.807) is 12.1 Å². The minimum atomic E-state index is -0.859. The molecule has 1 aliphatic carbocycles. The number of nitrogens with zero attached hydrogens (tertiary/aromatic N) is 1. The van der Waals surface area contributed by atoms with E-state index in [0.717, 1.165) is 62.8 Å². The molecule has 128 valence electrons. The van der Waals surface area contributed by atoms with Crippen molar-refractivity contribution in [3.8, 4) is 0 Å². The van der Waals surface area contributed by atoms with Gasteiger partial charge in [-0.25, -0.2) is 4.79 Å². The van der Waals surface area contributed by atoms with Gasteiger partial charge in [-0.3, -0.25) is 4.79 Å². The average Bonchev–Trinajstić information content (AvgIpc) is 3.01. The summed E-state index contributed by atoms with van der Waals surface area (Å²) in [5.74, 6) is -0.176. The second kappa shape index (κ2) is 7.20. The SMILES string of the molecule is CC1=C(C(=O)N2CCC(Cc3ccccc3C(=O)O)CC2)CCC1. The highest BCUT2D eigenvalue weighted by molar-refractivity contribution is 5.94. The molecule has 4 nitrogen and oxygen atoms in total. The van der Waals surface area contributed by atoms with Gasteiger partial charge in [-0.2, -0.15) is 0 Å². The Morgan fingerprint density at radius 3 is 2.50 bits per heavy atom. The first-order valence-corrected chi connectivity index (χ1v) is 8.85. The molecule has 0 bridgehead atoms. The van der Waals surface area contributed by atoms with Crippen LogP contribution in [0.25, 0.3) is 0 Å². The molecular weight excluding hydrogens is 302 g/mol. The molecular formula is C20H25NO3. The largest absolute Gasteiger partial charge is 0.478 e. The van der Waals surface area contributed by atoms with Gasteiger partial charge in [0.25, 0.3) is 0 Å². The van der Waals surface area contributed by atoms with Gasteiger partial charge in [0.1, 0.15) is 0 Å². The molecule has 0 aromatic heterocycles. The molecule has 1 heterocycles. The maximum absolute atomic E-state index is 12.6. The minimum Gasteiger partial charge on any atom is -0.478 e. The molecule has 0 radical (unpaired) electrons. The van der Waals surface area contributed by atoms with Crippen LogP contribution in [0.15, 0.2) is 35.4 Å². The lowest BCUT2D eigenvalue weighted by Crippen LogP contribution is -2.39. The van der Waals surface area contributed by atoms with E-state index >= 15 is 0 Å². The van der Waals surface area contributed by atoms with Crippen LogP contribution in [0.5, 0.6) is 0 Å². The van der Waals surface area contributed by atoms with Crippen LogP contribution in [0.1, 0.15) is 54.9 Å². The summed E-state index contributed by atoms with van der Waals surface area (Å²) in [5.41, 5.74) is 3.61. The fourth-order valence-corrected chi connectivity index (χ4v) is 3.93. The minimum absolute atomic E-state index is 0.231. The molecule has 0 unspecified atom stereocenters. The number of carbonyl (C=O) groups is 2. The van der Waals surface area contributed by atoms with Crippen LogP contribution in [0.4, 0.5) is 0 Å². The number of carboxylic acids is 1. The van der Waals surface area contributed by atoms with Gasteiger partial charge >= 0.3 is 5.97 Å². The normalized spacial score (nSPS) is 19.0. The van der Waals surface area contributed by atoms with E-state index in [-0.39, 0.29) is 5.91 Å². The van der Waals surface area contributed by atoms with Gasteiger partial charge in [-0.1, -0.05) is 23.8 Å². The van der Waals surface area contributed by atoms with Crippen molar-refractivity contribution in [3.63, 3.8) is 0 Å². The summed E-state index contributed by atoms with van der Waals surface area (Å²) in [5, 5.41) is 9.30. The average molecular weight is 327 g/mol. The van der Waals surface area contributed by atoms with E-state index in [4.69, 9.17) is 0 Å². The second-order valence-electron chi connectivity index (χ2n) is 7.01. The highest BCUT2D eigenvalue weighted by atomic mass is 16.4. The van der Waals surface area contributed by atoms with E-state index in [1.165, 1.54) is 5.57 Å². The molecule has 1 saturated heterocycles. The Hall–Kier alpha value is -2.10. The van der Waals surface area contributed by atoms with Crippen molar-refractivity contribution in [2.45, 2.75) is 45.4 Å². The summed E-state index contributed by atoms with van der Waals surface area (Å²) in [4.78, 5) is 25.9. The van der Waals surface area contributed by atoms with Crippen LogP contribution in [0.2, 0.25) is 0 Å². The van der Waals surface area contributed by atoms with E-state index in [9.17, 15) is 14.7 Å². The Bertz CT molecular complexity index is 669. The molecule has 1 aliphatic heterocycles. The summed E-state index contributed by atoms with van der Waals surface area (Å²) in [6, 6.07) is 7.25. The van der Waals surface area contributed by atoms with Crippen LogP contribution in [-0.2, 0) is 11.2 Å². The summed E-state index contributed by atoms with van der Waals surface area (Å²) in [6.45, 7) is 3.65. The molecule has 0 saturated carbocycles. The maximum atomic E-state index is 12.6. The van der Waals surface area contributed by atoms with Crippen LogP contribution < -0.4 is 0 Å². The number of amides is 1. The molecule has 4 heteroatoms. The maximum Gasteiger partial charge on any atom is 0.335 e. The number of hydrogen-bond acceptors (Lipinski definition) is 2. The van der Waals surface area contributed by atoms with Crippen LogP contribution in [0.3, 0.4) is 0 Å². The van der Waals surface area contributed by atoms with Crippen molar-refractivity contribution in [1.29, 1.82) is 0 Å². The van der Waals surface area contributed by atoms with Gasteiger partial charge in [0, 0.05) is 18.7 Å². The molecule has 1 amide bonds. The molecule has 1 N–H and O–H groups in total.